The van der Waals surface area contributed by atoms with E-state index in [1.165, 1.54) is 22.3 Å². The SMILES string of the molecule is NC1CN(C(=O)OCC2c3ccccc3-c3ccccc32)CC12CCOCC2. The molecule has 1 atom stereocenters. The molecule has 28 heavy (non-hydrogen) atoms. The maximum atomic E-state index is 12.8. The van der Waals surface area contributed by atoms with E-state index in [-0.39, 0.29) is 23.5 Å². The number of hydrogen-bond acceptors (Lipinski definition) is 4. The van der Waals surface area contributed by atoms with Crippen molar-refractivity contribution >= 4 is 6.09 Å². The minimum atomic E-state index is -0.249. The van der Waals surface area contributed by atoms with Crippen LogP contribution >= 0.6 is 0 Å². The van der Waals surface area contributed by atoms with Crippen molar-refractivity contribution in [2.45, 2.75) is 24.8 Å². The van der Waals surface area contributed by atoms with Gasteiger partial charge in [0.05, 0.1) is 0 Å². The number of nitrogens with zero attached hydrogens (tertiary/aromatic N) is 1. The Bertz CT molecular complexity index is 845. The Kier molecular flexibility index (Phi) is 4.37. The number of carbonyl (C=O) groups excluding carboxylic acids is 1. The predicted molar refractivity (Wildman–Crippen MR) is 107 cm³/mol. The van der Waals surface area contributed by atoms with Gasteiger partial charge in [0.25, 0.3) is 0 Å². The first-order valence-electron chi connectivity index (χ1n) is 10.1. The van der Waals surface area contributed by atoms with Gasteiger partial charge in [-0.25, -0.2) is 4.79 Å². The molecular weight excluding hydrogens is 352 g/mol. The van der Waals surface area contributed by atoms with Crippen LogP contribution in [0.3, 0.4) is 0 Å². The fourth-order valence-corrected chi connectivity index (χ4v) is 5.12. The Morgan fingerprint density at radius 3 is 2.32 bits per heavy atom. The summed E-state index contributed by atoms with van der Waals surface area (Å²) < 4.78 is 11.3. The number of amides is 1. The van der Waals surface area contributed by atoms with Gasteiger partial charge in [-0.05, 0) is 35.1 Å². The van der Waals surface area contributed by atoms with Crippen LogP contribution in [-0.2, 0) is 9.47 Å². The van der Waals surface area contributed by atoms with E-state index >= 15 is 0 Å². The van der Waals surface area contributed by atoms with Crippen molar-refractivity contribution in [3.8, 4) is 11.1 Å². The fraction of sp³-hybridized carbons (Fsp3) is 0.435. The molecule has 1 aliphatic carbocycles. The zero-order valence-electron chi connectivity index (χ0n) is 16.0. The molecule has 5 heteroatoms. The third kappa shape index (κ3) is 2.81. The summed E-state index contributed by atoms with van der Waals surface area (Å²) in [5.74, 6) is 0.0877. The number of carbonyl (C=O) groups is 1. The van der Waals surface area contributed by atoms with Gasteiger partial charge in [-0.15, -0.1) is 0 Å². The number of fused-ring (bicyclic) bond motifs is 3. The van der Waals surface area contributed by atoms with Crippen LogP contribution < -0.4 is 5.73 Å². The summed E-state index contributed by atoms with van der Waals surface area (Å²) in [4.78, 5) is 14.6. The Morgan fingerprint density at radius 2 is 1.68 bits per heavy atom. The monoisotopic (exact) mass is 378 g/mol. The van der Waals surface area contributed by atoms with Crippen molar-refractivity contribution in [2.24, 2.45) is 11.1 Å². The molecule has 3 aliphatic rings. The second-order valence-electron chi connectivity index (χ2n) is 8.27. The van der Waals surface area contributed by atoms with E-state index in [4.69, 9.17) is 15.2 Å². The summed E-state index contributed by atoms with van der Waals surface area (Å²) in [5.41, 5.74) is 11.3. The number of benzene rings is 2. The minimum Gasteiger partial charge on any atom is -0.448 e. The van der Waals surface area contributed by atoms with E-state index in [1.54, 1.807) is 4.90 Å². The molecule has 0 radical (unpaired) electrons. The predicted octanol–water partition coefficient (Wildman–Crippen LogP) is 3.38. The molecule has 2 fully saturated rings. The molecule has 5 rings (SSSR count). The fourth-order valence-electron chi connectivity index (χ4n) is 5.12. The number of rotatable bonds is 2. The Balaban J connectivity index is 1.30. The molecule has 2 saturated heterocycles. The zero-order valence-corrected chi connectivity index (χ0v) is 16.0. The lowest BCUT2D eigenvalue weighted by Gasteiger charge is -2.36. The molecule has 1 amide bonds. The van der Waals surface area contributed by atoms with E-state index < -0.39 is 0 Å². The summed E-state index contributed by atoms with van der Waals surface area (Å²) in [5, 5.41) is 0. The van der Waals surface area contributed by atoms with Crippen LogP contribution in [0.4, 0.5) is 4.79 Å². The van der Waals surface area contributed by atoms with Crippen LogP contribution in [0.2, 0.25) is 0 Å². The second-order valence-corrected chi connectivity index (χ2v) is 8.27. The van der Waals surface area contributed by atoms with Crippen LogP contribution in [0.5, 0.6) is 0 Å². The normalized spacial score (nSPS) is 22.9. The van der Waals surface area contributed by atoms with Gasteiger partial charge in [-0.3, -0.25) is 0 Å². The molecule has 2 aromatic rings. The van der Waals surface area contributed by atoms with Crippen molar-refractivity contribution in [1.82, 2.24) is 4.90 Å². The highest BCUT2D eigenvalue weighted by Gasteiger charge is 2.47. The molecule has 1 spiro atoms. The zero-order chi connectivity index (χ0) is 19.1. The largest absolute Gasteiger partial charge is 0.448 e. The van der Waals surface area contributed by atoms with Gasteiger partial charge in [-0.1, -0.05) is 48.5 Å². The maximum absolute atomic E-state index is 12.8. The van der Waals surface area contributed by atoms with Crippen molar-refractivity contribution in [3.63, 3.8) is 0 Å². The molecule has 1 unspecified atom stereocenters. The Labute approximate surface area is 165 Å². The van der Waals surface area contributed by atoms with Gasteiger partial charge in [0.2, 0.25) is 0 Å². The average molecular weight is 378 g/mol. The number of ether oxygens (including phenoxy) is 2. The van der Waals surface area contributed by atoms with E-state index in [1.807, 2.05) is 12.1 Å². The van der Waals surface area contributed by atoms with Crippen LogP contribution in [0.15, 0.2) is 48.5 Å². The summed E-state index contributed by atoms with van der Waals surface area (Å²) in [6.45, 7) is 3.05. The summed E-state index contributed by atoms with van der Waals surface area (Å²) >= 11 is 0. The highest BCUT2D eigenvalue weighted by Crippen LogP contribution is 2.45. The quantitative estimate of drug-likeness (QED) is 0.870. The highest BCUT2D eigenvalue weighted by atomic mass is 16.6. The van der Waals surface area contributed by atoms with E-state index in [9.17, 15) is 4.79 Å². The molecule has 146 valence electrons. The van der Waals surface area contributed by atoms with Crippen LogP contribution in [0.1, 0.15) is 29.9 Å². The van der Waals surface area contributed by atoms with Crippen molar-refractivity contribution in [2.75, 3.05) is 32.9 Å². The standard InChI is InChI=1S/C23H26N2O3/c24-21-13-25(15-23(21)9-11-27-12-10-23)22(26)28-14-20-18-7-3-1-5-16(18)17-6-2-4-8-19(17)20/h1-8,20-21H,9-15,24H2. The molecular formula is C23H26N2O3. The van der Waals surface area contributed by atoms with Gasteiger partial charge in [0, 0.05) is 43.7 Å². The molecule has 2 N–H and O–H groups in total. The van der Waals surface area contributed by atoms with Gasteiger partial charge in [-0.2, -0.15) is 0 Å². The number of nitrogens with two attached hydrogens (primary N) is 1. The lowest BCUT2D eigenvalue weighted by molar-refractivity contribution is 0.0125. The first kappa shape index (κ1) is 17.7. The first-order valence-corrected chi connectivity index (χ1v) is 10.1. The number of hydrogen-bond donors (Lipinski definition) is 1. The Hall–Kier alpha value is -2.37. The molecule has 5 nitrogen and oxygen atoms in total. The molecule has 2 heterocycles. The molecule has 0 bridgehead atoms. The summed E-state index contributed by atoms with van der Waals surface area (Å²) in [6, 6.07) is 16.8. The van der Waals surface area contributed by atoms with Crippen LogP contribution in [-0.4, -0.2) is 49.9 Å². The van der Waals surface area contributed by atoms with Gasteiger partial charge in [0.1, 0.15) is 6.61 Å². The van der Waals surface area contributed by atoms with E-state index in [0.717, 1.165) is 26.1 Å². The van der Waals surface area contributed by atoms with Crippen molar-refractivity contribution in [1.29, 1.82) is 0 Å². The van der Waals surface area contributed by atoms with Crippen LogP contribution in [0, 0.1) is 5.41 Å². The Morgan fingerprint density at radius 1 is 1.07 bits per heavy atom. The third-order valence-electron chi connectivity index (χ3n) is 6.79. The minimum absolute atomic E-state index is 0.00289. The van der Waals surface area contributed by atoms with E-state index in [0.29, 0.717) is 19.7 Å². The third-order valence-corrected chi connectivity index (χ3v) is 6.79. The lowest BCUT2D eigenvalue weighted by atomic mass is 9.76. The summed E-state index contributed by atoms with van der Waals surface area (Å²) in [6.07, 6.45) is 1.59. The highest BCUT2D eigenvalue weighted by molar-refractivity contribution is 5.79. The maximum Gasteiger partial charge on any atom is 0.409 e. The topological polar surface area (TPSA) is 64.8 Å². The molecule has 0 aromatic heterocycles. The summed E-state index contributed by atoms with van der Waals surface area (Å²) in [7, 11) is 0. The van der Waals surface area contributed by atoms with Crippen molar-refractivity contribution in [3.05, 3.63) is 59.7 Å². The number of likely N-dealkylation sites (tertiary alicyclic amines) is 1. The van der Waals surface area contributed by atoms with Gasteiger partial charge < -0.3 is 20.1 Å². The second kappa shape index (κ2) is 6.90. The molecule has 2 aromatic carbocycles. The molecule has 0 saturated carbocycles. The molecule has 2 aliphatic heterocycles. The van der Waals surface area contributed by atoms with Crippen LogP contribution in [0.25, 0.3) is 11.1 Å². The van der Waals surface area contributed by atoms with Gasteiger partial charge in [0.15, 0.2) is 0 Å². The lowest BCUT2D eigenvalue weighted by Crippen LogP contribution is -2.44. The first-order chi connectivity index (χ1) is 13.7. The average Bonchev–Trinajstić information content (AvgIpc) is 3.22. The van der Waals surface area contributed by atoms with E-state index in [2.05, 4.69) is 36.4 Å². The van der Waals surface area contributed by atoms with Crippen molar-refractivity contribution < 1.29 is 14.3 Å². The van der Waals surface area contributed by atoms with Gasteiger partial charge >= 0.3 is 6.09 Å². The smallest absolute Gasteiger partial charge is 0.409 e.